The smallest absolute Gasteiger partial charge is 0.172 e. The molecule has 2 heterocycles. The van der Waals surface area contributed by atoms with Gasteiger partial charge in [0.1, 0.15) is 10.7 Å². The number of aromatic nitrogens is 2. The van der Waals surface area contributed by atoms with Gasteiger partial charge in [-0.2, -0.15) is 10.2 Å². The van der Waals surface area contributed by atoms with Crippen LogP contribution in [0.4, 0.5) is 5.69 Å². The maximum Gasteiger partial charge on any atom is 0.172 e. The molecular formula is C10H10Cl2N4. The van der Waals surface area contributed by atoms with Crippen molar-refractivity contribution >= 4 is 34.6 Å². The zero-order valence-corrected chi connectivity index (χ0v) is 10.4. The Hall–Kier alpha value is -1.13. The Labute approximate surface area is 104 Å². The van der Waals surface area contributed by atoms with Gasteiger partial charge in [0, 0.05) is 17.8 Å². The Balaban J connectivity index is 2.47. The van der Waals surface area contributed by atoms with Crippen LogP contribution in [-0.2, 0) is 0 Å². The van der Waals surface area contributed by atoms with Crippen LogP contribution in [0, 0.1) is 0 Å². The summed E-state index contributed by atoms with van der Waals surface area (Å²) >= 11 is 11.9. The van der Waals surface area contributed by atoms with Gasteiger partial charge in [-0.3, -0.25) is 0 Å². The van der Waals surface area contributed by atoms with Gasteiger partial charge in [0.05, 0.1) is 6.20 Å². The van der Waals surface area contributed by atoms with Crippen LogP contribution in [0.2, 0.25) is 10.2 Å². The second-order valence-electron chi connectivity index (χ2n) is 3.53. The first kappa shape index (κ1) is 11.4. The highest BCUT2D eigenvalue weighted by molar-refractivity contribution is 6.42. The highest BCUT2D eigenvalue weighted by Crippen LogP contribution is 2.33. The predicted octanol–water partition coefficient (Wildman–Crippen LogP) is 3.27. The molecule has 0 aromatic carbocycles. The number of hydrogen-bond acceptors (Lipinski definition) is 4. The molecule has 0 saturated carbocycles. The molecular weight excluding hydrogens is 247 g/mol. The molecule has 1 aromatic rings. The summed E-state index contributed by atoms with van der Waals surface area (Å²) in [6.45, 7) is 3.92. The first-order valence-corrected chi connectivity index (χ1v) is 5.53. The van der Waals surface area contributed by atoms with Gasteiger partial charge in [0.15, 0.2) is 5.15 Å². The van der Waals surface area contributed by atoms with Crippen LogP contribution in [0.3, 0.4) is 0 Å². The quantitative estimate of drug-likeness (QED) is 0.775. The predicted molar refractivity (Wildman–Crippen MR) is 66.0 cm³/mol. The van der Waals surface area contributed by atoms with E-state index in [0.717, 1.165) is 17.8 Å². The topological polar surface area (TPSA) is 41.4 Å². The summed E-state index contributed by atoms with van der Waals surface area (Å²) < 4.78 is 0. The number of allylic oxidation sites excluding steroid dienone is 2. The molecule has 0 saturated heterocycles. The van der Waals surface area contributed by atoms with E-state index >= 15 is 0 Å². The van der Waals surface area contributed by atoms with Crippen molar-refractivity contribution in [2.75, 3.05) is 5.01 Å². The van der Waals surface area contributed by atoms with Crippen LogP contribution in [0.1, 0.15) is 20.3 Å². The first-order chi connectivity index (χ1) is 7.59. The summed E-state index contributed by atoms with van der Waals surface area (Å²) in [4.78, 5) is 0. The van der Waals surface area contributed by atoms with Gasteiger partial charge in [-0.1, -0.05) is 29.3 Å². The lowest BCUT2D eigenvalue weighted by molar-refractivity contribution is 0.928. The van der Waals surface area contributed by atoms with Crippen molar-refractivity contribution < 1.29 is 0 Å². The van der Waals surface area contributed by atoms with E-state index in [1.165, 1.54) is 0 Å². The number of hydrogen-bond donors (Lipinski definition) is 0. The number of nitrogens with zero attached hydrogens (tertiary/aromatic N) is 4. The molecule has 16 heavy (non-hydrogen) atoms. The van der Waals surface area contributed by atoms with Gasteiger partial charge in [-0.05, 0) is 13.8 Å². The second-order valence-corrected chi connectivity index (χ2v) is 4.27. The monoisotopic (exact) mass is 256 g/mol. The van der Waals surface area contributed by atoms with Crippen LogP contribution < -0.4 is 5.01 Å². The molecule has 2 rings (SSSR count). The fourth-order valence-electron chi connectivity index (χ4n) is 1.40. The largest absolute Gasteiger partial charge is 0.235 e. The minimum atomic E-state index is 0.186. The zero-order valence-electron chi connectivity index (χ0n) is 8.91. The van der Waals surface area contributed by atoms with Gasteiger partial charge in [0.2, 0.25) is 0 Å². The minimum absolute atomic E-state index is 0.186. The molecule has 0 atom stereocenters. The second kappa shape index (κ2) is 4.39. The maximum atomic E-state index is 6.07. The summed E-state index contributed by atoms with van der Waals surface area (Å²) in [5, 5.41) is 14.1. The number of halogens is 2. The molecule has 1 aliphatic rings. The van der Waals surface area contributed by atoms with Crippen LogP contribution in [0.25, 0.3) is 0 Å². The number of hydrazone groups is 1. The maximum absolute atomic E-state index is 6.07. The van der Waals surface area contributed by atoms with Crippen LogP contribution in [-0.4, -0.2) is 15.9 Å². The molecule has 0 radical (unpaired) electrons. The molecule has 0 spiro atoms. The van der Waals surface area contributed by atoms with Gasteiger partial charge >= 0.3 is 0 Å². The van der Waals surface area contributed by atoms with Crippen molar-refractivity contribution in [2.45, 2.75) is 20.3 Å². The van der Waals surface area contributed by atoms with E-state index < -0.39 is 0 Å². The molecule has 0 bridgehead atoms. The molecule has 0 aliphatic carbocycles. The summed E-state index contributed by atoms with van der Waals surface area (Å²) in [7, 11) is 0. The average Bonchev–Trinajstić information content (AvgIpc) is 2.26. The van der Waals surface area contributed by atoms with Gasteiger partial charge < -0.3 is 0 Å². The van der Waals surface area contributed by atoms with Crippen molar-refractivity contribution in [3.8, 4) is 0 Å². The van der Waals surface area contributed by atoms with Crippen molar-refractivity contribution in [1.82, 2.24) is 10.2 Å². The van der Waals surface area contributed by atoms with Crippen molar-refractivity contribution in [2.24, 2.45) is 5.10 Å². The summed E-state index contributed by atoms with van der Waals surface area (Å²) in [6.07, 6.45) is 4.48. The minimum Gasteiger partial charge on any atom is -0.235 e. The first-order valence-electron chi connectivity index (χ1n) is 4.77. The fraction of sp³-hybridized carbons (Fsp3) is 0.300. The lowest BCUT2D eigenvalue weighted by atomic mass is 10.2. The highest BCUT2D eigenvalue weighted by atomic mass is 35.5. The molecule has 6 heteroatoms. The average molecular weight is 257 g/mol. The zero-order chi connectivity index (χ0) is 11.7. The summed E-state index contributed by atoms with van der Waals surface area (Å²) in [5.41, 5.74) is 2.65. The van der Waals surface area contributed by atoms with Gasteiger partial charge in [-0.25, -0.2) is 5.01 Å². The molecule has 0 fully saturated rings. The Morgan fingerprint density at radius 3 is 2.81 bits per heavy atom. The van der Waals surface area contributed by atoms with E-state index in [1.54, 1.807) is 11.2 Å². The Kier molecular flexibility index (Phi) is 3.12. The van der Waals surface area contributed by atoms with E-state index in [9.17, 15) is 0 Å². The molecule has 0 N–H and O–H groups in total. The SMILES string of the molecule is CC1=CCC(C)=NN1c1cnnc(Cl)c1Cl. The molecule has 1 aromatic heterocycles. The van der Waals surface area contributed by atoms with Crippen LogP contribution >= 0.6 is 23.2 Å². The van der Waals surface area contributed by atoms with Crippen molar-refractivity contribution in [3.63, 3.8) is 0 Å². The van der Waals surface area contributed by atoms with E-state index in [0.29, 0.717) is 10.7 Å². The summed E-state index contributed by atoms with van der Waals surface area (Å²) in [5.74, 6) is 0. The fourth-order valence-corrected chi connectivity index (χ4v) is 1.71. The van der Waals surface area contributed by atoms with Gasteiger partial charge in [-0.15, -0.1) is 5.10 Å². The van der Waals surface area contributed by atoms with E-state index in [2.05, 4.69) is 21.4 Å². The number of rotatable bonds is 1. The standard InChI is InChI=1S/C10H10Cl2N4/c1-6-3-4-7(2)16(15-6)8-5-13-14-10(12)9(8)11/h4-5H,3H2,1-2H3. The lowest BCUT2D eigenvalue weighted by Gasteiger charge is -2.24. The summed E-state index contributed by atoms with van der Waals surface area (Å²) in [6, 6.07) is 0. The lowest BCUT2D eigenvalue weighted by Crippen LogP contribution is -2.20. The van der Waals surface area contributed by atoms with Crippen molar-refractivity contribution in [3.05, 3.63) is 28.1 Å². The molecule has 84 valence electrons. The Morgan fingerprint density at radius 2 is 2.06 bits per heavy atom. The third-order valence-corrected chi connectivity index (χ3v) is 2.99. The molecule has 1 aliphatic heterocycles. The normalized spacial score (nSPS) is 15.9. The Morgan fingerprint density at radius 1 is 1.31 bits per heavy atom. The highest BCUT2D eigenvalue weighted by Gasteiger charge is 2.17. The molecule has 4 nitrogen and oxygen atoms in total. The number of anilines is 1. The van der Waals surface area contributed by atoms with Gasteiger partial charge in [0.25, 0.3) is 0 Å². The van der Waals surface area contributed by atoms with E-state index in [-0.39, 0.29) is 5.15 Å². The third-order valence-electron chi connectivity index (χ3n) is 2.26. The van der Waals surface area contributed by atoms with Crippen LogP contribution in [0.15, 0.2) is 23.1 Å². The van der Waals surface area contributed by atoms with E-state index in [1.807, 2.05) is 13.8 Å². The molecule has 0 unspecified atom stereocenters. The van der Waals surface area contributed by atoms with Crippen molar-refractivity contribution in [1.29, 1.82) is 0 Å². The van der Waals surface area contributed by atoms with Crippen LogP contribution in [0.5, 0.6) is 0 Å². The third kappa shape index (κ3) is 2.03. The molecule has 0 amide bonds. The Bertz CT molecular complexity index is 482. The van der Waals surface area contributed by atoms with E-state index in [4.69, 9.17) is 23.2 Å².